The van der Waals surface area contributed by atoms with Crippen LogP contribution < -0.4 is 10.1 Å². The van der Waals surface area contributed by atoms with Crippen molar-refractivity contribution in [2.45, 2.75) is 19.9 Å². The zero-order chi connectivity index (χ0) is 13.8. The summed E-state index contributed by atoms with van der Waals surface area (Å²) in [6.07, 6.45) is 2.91. The van der Waals surface area contributed by atoms with Crippen LogP contribution in [0.3, 0.4) is 0 Å². The molecule has 0 saturated heterocycles. The van der Waals surface area contributed by atoms with Gasteiger partial charge in [0.2, 0.25) is 0 Å². The van der Waals surface area contributed by atoms with Crippen LogP contribution in [0.15, 0.2) is 41.2 Å². The lowest BCUT2D eigenvalue weighted by atomic mass is 10.0. The topological polar surface area (TPSA) is 51.5 Å². The first kappa shape index (κ1) is 13.2. The number of amides is 1. The third kappa shape index (κ3) is 2.96. The molecule has 1 N–H and O–H groups in total. The van der Waals surface area contributed by atoms with Crippen molar-refractivity contribution in [2.24, 2.45) is 0 Å². The van der Waals surface area contributed by atoms with E-state index in [-0.39, 0.29) is 11.9 Å². The first-order valence-corrected chi connectivity index (χ1v) is 6.09. The van der Waals surface area contributed by atoms with Crippen molar-refractivity contribution in [3.05, 3.63) is 53.5 Å². The Labute approximate surface area is 112 Å². The van der Waals surface area contributed by atoms with Gasteiger partial charge in [0.05, 0.1) is 25.0 Å². The number of hydrogen-bond donors (Lipinski definition) is 1. The van der Waals surface area contributed by atoms with Crippen LogP contribution in [0.5, 0.6) is 5.75 Å². The van der Waals surface area contributed by atoms with E-state index in [0.29, 0.717) is 5.56 Å². The average Bonchev–Trinajstić information content (AvgIpc) is 2.92. The molecular weight excluding hydrogens is 242 g/mol. The minimum atomic E-state index is -0.162. The van der Waals surface area contributed by atoms with Crippen LogP contribution in [0.25, 0.3) is 0 Å². The first-order chi connectivity index (χ1) is 9.11. The molecule has 0 saturated carbocycles. The van der Waals surface area contributed by atoms with Crippen LogP contribution in [0.1, 0.15) is 34.5 Å². The zero-order valence-corrected chi connectivity index (χ0v) is 11.3. The Bertz CT molecular complexity index is 561. The van der Waals surface area contributed by atoms with Gasteiger partial charge >= 0.3 is 0 Å². The summed E-state index contributed by atoms with van der Waals surface area (Å²) in [4.78, 5) is 12.0. The van der Waals surface area contributed by atoms with Crippen molar-refractivity contribution in [1.29, 1.82) is 0 Å². The molecule has 0 bridgehead atoms. The standard InChI is InChI=1S/C15H17NO3/c1-10-4-5-14(18-3)13(8-10)11(2)16-15(17)12-6-7-19-9-12/h4-9,11H,1-3H3,(H,16,17)/t11-/m0/s1. The predicted molar refractivity (Wildman–Crippen MR) is 72.3 cm³/mol. The molecule has 4 heteroatoms. The molecule has 0 aliphatic heterocycles. The largest absolute Gasteiger partial charge is 0.496 e. The molecule has 1 aromatic heterocycles. The number of furan rings is 1. The molecule has 1 aromatic carbocycles. The van der Waals surface area contributed by atoms with Gasteiger partial charge in [-0.15, -0.1) is 0 Å². The van der Waals surface area contributed by atoms with Crippen molar-refractivity contribution in [1.82, 2.24) is 5.32 Å². The molecule has 0 unspecified atom stereocenters. The smallest absolute Gasteiger partial charge is 0.255 e. The SMILES string of the molecule is COc1ccc(C)cc1[C@H](C)NC(=O)c1ccoc1. The van der Waals surface area contributed by atoms with E-state index in [9.17, 15) is 4.79 Å². The van der Waals surface area contributed by atoms with E-state index in [2.05, 4.69) is 5.32 Å². The van der Waals surface area contributed by atoms with Crippen LogP contribution in [0.4, 0.5) is 0 Å². The second kappa shape index (κ2) is 5.61. The number of ether oxygens (including phenoxy) is 1. The summed E-state index contributed by atoms with van der Waals surface area (Å²) in [5.41, 5.74) is 2.60. The van der Waals surface area contributed by atoms with Gasteiger partial charge in [0.25, 0.3) is 5.91 Å². The quantitative estimate of drug-likeness (QED) is 0.918. The fraction of sp³-hybridized carbons (Fsp3) is 0.267. The summed E-state index contributed by atoms with van der Waals surface area (Å²) >= 11 is 0. The van der Waals surface area contributed by atoms with Gasteiger partial charge in [-0.25, -0.2) is 0 Å². The van der Waals surface area contributed by atoms with Gasteiger partial charge in [-0.1, -0.05) is 17.7 Å². The van der Waals surface area contributed by atoms with E-state index < -0.39 is 0 Å². The highest BCUT2D eigenvalue weighted by atomic mass is 16.5. The molecule has 0 aliphatic carbocycles. The van der Waals surface area contributed by atoms with Crippen LogP contribution in [-0.4, -0.2) is 13.0 Å². The Hall–Kier alpha value is -2.23. The molecule has 2 aromatic rings. The van der Waals surface area contributed by atoms with Gasteiger partial charge < -0.3 is 14.5 Å². The highest BCUT2D eigenvalue weighted by Gasteiger charge is 2.15. The summed E-state index contributed by atoms with van der Waals surface area (Å²) in [7, 11) is 1.62. The number of carbonyl (C=O) groups excluding carboxylic acids is 1. The molecule has 0 aliphatic rings. The van der Waals surface area contributed by atoms with Gasteiger partial charge in [-0.3, -0.25) is 4.79 Å². The zero-order valence-electron chi connectivity index (χ0n) is 11.3. The Kier molecular flexibility index (Phi) is 3.90. The molecule has 19 heavy (non-hydrogen) atoms. The summed E-state index contributed by atoms with van der Waals surface area (Å²) in [5.74, 6) is 0.607. The Balaban J connectivity index is 2.18. The van der Waals surface area contributed by atoms with Gasteiger partial charge in [-0.05, 0) is 26.0 Å². The van der Waals surface area contributed by atoms with Crippen LogP contribution >= 0.6 is 0 Å². The first-order valence-electron chi connectivity index (χ1n) is 6.09. The van der Waals surface area contributed by atoms with E-state index in [1.165, 1.54) is 12.5 Å². The van der Waals surface area contributed by atoms with E-state index in [1.807, 2.05) is 32.0 Å². The molecule has 1 heterocycles. The van der Waals surface area contributed by atoms with Gasteiger partial charge in [0.15, 0.2) is 0 Å². The van der Waals surface area contributed by atoms with Crippen molar-refractivity contribution < 1.29 is 13.9 Å². The lowest BCUT2D eigenvalue weighted by Crippen LogP contribution is -2.26. The molecule has 2 rings (SSSR count). The van der Waals surface area contributed by atoms with E-state index in [4.69, 9.17) is 9.15 Å². The van der Waals surface area contributed by atoms with E-state index in [0.717, 1.165) is 16.9 Å². The van der Waals surface area contributed by atoms with Crippen molar-refractivity contribution in [2.75, 3.05) is 7.11 Å². The molecule has 0 spiro atoms. The van der Waals surface area contributed by atoms with Crippen molar-refractivity contribution in [3.63, 3.8) is 0 Å². The summed E-state index contributed by atoms with van der Waals surface area (Å²) in [6.45, 7) is 3.93. The molecule has 1 amide bonds. The summed E-state index contributed by atoms with van der Waals surface area (Å²) in [5, 5.41) is 2.92. The van der Waals surface area contributed by atoms with Gasteiger partial charge in [-0.2, -0.15) is 0 Å². The lowest BCUT2D eigenvalue weighted by molar-refractivity contribution is 0.0939. The number of carbonyl (C=O) groups is 1. The second-order valence-corrected chi connectivity index (χ2v) is 4.45. The number of benzene rings is 1. The number of methoxy groups -OCH3 is 1. The van der Waals surface area contributed by atoms with Crippen LogP contribution in [0, 0.1) is 6.92 Å². The highest BCUT2D eigenvalue weighted by molar-refractivity contribution is 5.94. The minimum Gasteiger partial charge on any atom is -0.496 e. The molecule has 1 atom stereocenters. The molecular formula is C15H17NO3. The highest BCUT2D eigenvalue weighted by Crippen LogP contribution is 2.26. The monoisotopic (exact) mass is 259 g/mol. The van der Waals surface area contributed by atoms with E-state index >= 15 is 0 Å². The number of nitrogens with one attached hydrogen (secondary N) is 1. The van der Waals surface area contributed by atoms with Gasteiger partial charge in [0, 0.05) is 5.56 Å². The predicted octanol–water partition coefficient (Wildman–Crippen LogP) is 3.09. The average molecular weight is 259 g/mol. The second-order valence-electron chi connectivity index (χ2n) is 4.45. The molecule has 100 valence electrons. The molecule has 0 radical (unpaired) electrons. The molecule has 4 nitrogen and oxygen atoms in total. The van der Waals surface area contributed by atoms with Crippen LogP contribution in [-0.2, 0) is 0 Å². The Morgan fingerprint density at radius 3 is 2.79 bits per heavy atom. The maximum atomic E-state index is 12.0. The summed E-state index contributed by atoms with van der Waals surface area (Å²) in [6, 6.07) is 7.39. The lowest BCUT2D eigenvalue weighted by Gasteiger charge is -2.17. The fourth-order valence-electron chi connectivity index (χ4n) is 1.94. The summed E-state index contributed by atoms with van der Waals surface area (Å²) < 4.78 is 10.2. The Morgan fingerprint density at radius 2 is 2.16 bits per heavy atom. The Morgan fingerprint density at radius 1 is 1.37 bits per heavy atom. The number of hydrogen-bond acceptors (Lipinski definition) is 3. The number of rotatable bonds is 4. The fourth-order valence-corrected chi connectivity index (χ4v) is 1.94. The normalized spacial score (nSPS) is 11.9. The van der Waals surface area contributed by atoms with Crippen molar-refractivity contribution in [3.8, 4) is 5.75 Å². The minimum absolute atomic E-state index is 0.141. The third-order valence-corrected chi connectivity index (χ3v) is 2.98. The maximum Gasteiger partial charge on any atom is 0.255 e. The maximum absolute atomic E-state index is 12.0. The third-order valence-electron chi connectivity index (χ3n) is 2.98. The van der Waals surface area contributed by atoms with Crippen LogP contribution in [0.2, 0.25) is 0 Å². The van der Waals surface area contributed by atoms with E-state index in [1.54, 1.807) is 13.2 Å². The van der Waals surface area contributed by atoms with Gasteiger partial charge in [0.1, 0.15) is 12.0 Å². The molecule has 0 fully saturated rings. The van der Waals surface area contributed by atoms with Crippen molar-refractivity contribution >= 4 is 5.91 Å². The number of aryl methyl sites for hydroxylation is 1.